The number of hydrogen-bond acceptors (Lipinski definition) is 7. The first kappa shape index (κ1) is 21.8. The van der Waals surface area contributed by atoms with Crippen molar-refractivity contribution in [1.82, 2.24) is 4.90 Å². The van der Waals surface area contributed by atoms with Crippen LogP contribution >= 0.6 is 11.3 Å². The van der Waals surface area contributed by atoms with Crippen LogP contribution in [0.2, 0.25) is 0 Å². The molecule has 3 N–H and O–H groups in total. The topological polar surface area (TPSA) is 103 Å². The minimum absolute atomic E-state index is 0.132. The van der Waals surface area contributed by atoms with Gasteiger partial charge in [-0.2, -0.15) is 0 Å². The fraction of sp³-hybridized carbons (Fsp3) is 0.429. The second-order valence-corrected chi connectivity index (χ2v) is 7.92. The number of nitrogen functional groups attached to an aromatic ring is 1. The first-order chi connectivity index (χ1) is 14.5. The quantitative estimate of drug-likeness (QED) is 0.693. The maximum atomic E-state index is 12.5. The number of rotatable bonds is 7. The molecule has 0 bridgehead atoms. The number of carbonyl (C=O) groups is 2. The number of anilines is 2. The molecule has 8 nitrogen and oxygen atoms in total. The summed E-state index contributed by atoms with van der Waals surface area (Å²) >= 11 is 1.41. The largest absolute Gasteiger partial charge is 0.493 e. The summed E-state index contributed by atoms with van der Waals surface area (Å²) in [6.07, 6.45) is 1.11. The number of nitrogens with one attached hydrogen (secondary N) is 1. The monoisotopic (exact) mass is 433 g/mol. The number of aryl methyl sites for hydroxylation is 1. The van der Waals surface area contributed by atoms with E-state index in [-0.39, 0.29) is 18.4 Å². The highest BCUT2D eigenvalue weighted by Crippen LogP contribution is 2.39. The van der Waals surface area contributed by atoms with Crippen LogP contribution in [0.5, 0.6) is 11.5 Å². The Balaban J connectivity index is 1.64. The third kappa shape index (κ3) is 4.62. The fourth-order valence-electron chi connectivity index (χ4n) is 3.48. The van der Waals surface area contributed by atoms with E-state index in [4.69, 9.17) is 19.9 Å². The summed E-state index contributed by atoms with van der Waals surface area (Å²) in [5.74, 6) is 1.14. The molecule has 0 saturated heterocycles. The Hall–Kier alpha value is -2.94. The molecular weight excluding hydrogens is 406 g/mol. The molecule has 0 atom stereocenters. The number of thiophene rings is 1. The average molecular weight is 434 g/mol. The molecule has 1 aliphatic heterocycles. The van der Waals surface area contributed by atoms with E-state index in [9.17, 15) is 9.59 Å². The number of para-hydroxylation sites is 1. The third-order valence-corrected chi connectivity index (χ3v) is 6.13. The lowest BCUT2D eigenvalue weighted by molar-refractivity contribution is -0.116. The van der Waals surface area contributed by atoms with Crippen molar-refractivity contribution in [2.24, 2.45) is 0 Å². The molecule has 1 aliphatic rings. The van der Waals surface area contributed by atoms with Crippen molar-refractivity contribution in [3.63, 3.8) is 0 Å². The van der Waals surface area contributed by atoms with E-state index in [0.29, 0.717) is 54.7 Å². The van der Waals surface area contributed by atoms with E-state index in [2.05, 4.69) is 5.32 Å². The van der Waals surface area contributed by atoms with Gasteiger partial charge >= 0.3 is 6.09 Å². The lowest BCUT2D eigenvalue weighted by Crippen LogP contribution is -2.35. The minimum atomic E-state index is -0.326. The molecule has 2 heterocycles. The van der Waals surface area contributed by atoms with Crippen molar-refractivity contribution < 1.29 is 23.8 Å². The molecule has 0 saturated carbocycles. The zero-order chi connectivity index (χ0) is 21.7. The molecule has 0 radical (unpaired) electrons. The van der Waals surface area contributed by atoms with Crippen LogP contribution < -0.4 is 20.5 Å². The average Bonchev–Trinajstić information content (AvgIpc) is 3.06. The van der Waals surface area contributed by atoms with Gasteiger partial charge in [0, 0.05) is 17.8 Å². The van der Waals surface area contributed by atoms with Gasteiger partial charge < -0.3 is 30.2 Å². The maximum Gasteiger partial charge on any atom is 0.410 e. The molecule has 2 aromatic rings. The Kier molecular flexibility index (Phi) is 7.04. The van der Waals surface area contributed by atoms with E-state index in [1.54, 1.807) is 26.0 Å². The second kappa shape index (κ2) is 9.71. The van der Waals surface area contributed by atoms with Crippen LogP contribution in [0, 0.1) is 0 Å². The van der Waals surface area contributed by atoms with E-state index < -0.39 is 0 Å². The van der Waals surface area contributed by atoms with Crippen LogP contribution in [0.25, 0.3) is 0 Å². The second-order valence-electron chi connectivity index (χ2n) is 6.82. The minimum Gasteiger partial charge on any atom is -0.493 e. The van der Waals surface area contributed by atoms with Gasteiger partial charge in [0.25, 0.3) is 0 Å². The molecular formula is C21H27N3O5S. The summed E-state index contributed by atoms with van der Waals surface area (Å²) in [7, 11) is 3.16. The Labute approximate surface area is 179 Å². The zero-order valence-corrected chi connectivity index (χ0v) is 18.3. The highest BCUT2D eigenvalue weighted by Gasteiger charge is 2.27. The number of fused-ring (bicyclic) bond motifs is 1. The van der Waals surface area contributed by atoms with Crippen molar-refractivity contribution in [3.8, 4) is 11.5 Å². The zero-order valence-electron chi connectivity index (χ0n) is 17.4. The van der Waals surface area contributed by atoms with E-state index >= 15 is 0 Å². The fourth-order valence-corrected chi connectivity index (χ4v) is 4.68. The number of hydrogen-bond donors (Lipinski definition) is 2. The summed E-state index contributed by atoms with van der Waals surface area (Å²) in [6.45, 7) is 3.12. The van der Waals surface area contributed by atoms with Gasteiger partial charge in [-0.1, -0.05) is 12.1 Å². The molecule has 9 heteroatoms. The molecule has 0 aliphatic carbocycles. The summed E-state index contributed by atoms with van der Waals surface area (Å²) in [6, 6.07) is 5.60. The molecule has 30 heavy (non-hydrogen) atoms. The number of nitrogens with two attached hydrogens (primary N) is 1. The van der Waals surface area contributed by atoms with Crippen molar-refractivity contribution in [1.29, 1.82) is 0 Å². The molecule has 0 unspecified atom stereocenters. The highest BCUT2D eigenvalue weighted by atomic mass is 32.1. The standard InChI is InChI=1S/C21H27N3O5S/c1-4-29-21(26)24-11-10-14-16(12-24)30-20(18(14)22)23-17(25)9-8-13-6-5-7-15(27-2)19(13)28-3/h5-7H,4,8-12,22H2,1-3H3,(H,23,25). The van der Waals surface area contributed by atoms with Crippen LogP contribution in [-0.4, -0.2) is 44.3 Å². The predicted octanol–water partition coefficient (Wildman–Crippen LogP) is 3.43. The van der Waals surface area contributed by atoms with Gasteiger partial charge in [0.05, 0.1) is 33.1 Å². The Morgan fingerprint density at radius 2 is 2.07 bits per heavy atom. The maximum absolute atomic E-state index is 12.5. The van der Waals surface area contributed by atoms with Gasteiger partial charge in [-0.15, -0.1) is 11.3 Å². The van der Waals surface area contributed by atoms with Crippen LogP contribution in [0.15, 0.2) is 18.2 Å². The van der Waals surface area contributed by atoms with Gasteiger partial charge in [0.2, 0.25) is 5.91 Å². The summed E-state index contributed by atoms with van der Waals surface area (Å²) in [5, 5.41) is 3.55. The number of methoxy groups -OCH3 is 2. The molecule has 162 valence electrons. The highest BCUT2D eigenvalue weighted by molar-refractivity contribution is 7.17. The van der Waals surface area contributed by atoms with Crippen LogP contribution in [0.4, 0.5) is 15.5 Å². The Morgan fingerprint density at radius 3 is 2.77 bits per heavy atom. The molecule has 0 spiro atoms. The smallest absolute Gasteiger partial charge is 0.410 e. The van der Waals surface area contributed by atoms with Crippen LogP contribution in [-0.2, 0) is 28.9 Å². The van der Waals surface area contributed by atoms with Crippen LogP contribution in [0.3, 0.4) is 0 Å². The lowest BCUT2D eigenvalue weighted by Gasteiger charge is -2.26. The molecule has 1 aromatic carbocycles. The number of carbonyl (C=O) groups excluding carboxylic acids is 2. The van der Waals surface area contributed by atoms with Crippen molar-refractivity contribution in [3.05, 3.63) is 34.2 Å². The molecule has 2 amide bonds. The number of amides is 2. The van der Waals surface area contributed by atoms with E-state index in [1.165, 1.54) is 11.3 Å². The first-order valence-electron chi connectivity index (χ1n) is 9.79. The summed E-state index contributed by atoms with van der Waals surface area (Å²) in [5.41, 5.74) is 8.76. The molecule has 1 aromatic heterocycles. The Bertz CT molecular complexity index is 928. The van der Waals surface area contributed by atoms with Gasteiger partial charge in [-0.25, -0.2) is 4.79 Å². The molecule has 0 fully saturated rings. The van der Waals surface area contributed by atoms with E-state index in [0.717, 1.165) is 16.0 Å². The SMILES string of the molecule is CCOC(=O)N1CCc2c(sc(NC(=O)CCc3cccc(OC)c3OC)c2N)C1. The van der Waals surface area contributed by atoms with Gasteiger partial charge in [0.15, 0.2) is 11.5 Å². The first-order valence-corrected chi connectivity index (χ1v) is 10.6. The van der Waals surface area contributed by atoms with Gasteiger partial charge in [-0.05, 0) is 37.0 Å². The number of benzene rings is 1. The normalized spacial score (nSPS) is 12.8. The third-order valence-electron chi connectivity index (χ3n) is 4.98. The lowest BCUT2D eigenvalue weighted by atomic mass is 10.1. The summed E-state index contributed by atoms with van der Waals surface area (Å²) < 4.78 is 15.8. The summed E-state index contributed by atoms with van der Waals surface area (Å²) in [4.78, 5) is 27.2. The predicted molar refractivity (Wildman–Crippen MR) is 116 cm³/mol. The van der Waals surface area contributed by atoms with Crippen molar-refractivity contribution >= 4 is 34.0 Å². The van der Waals surface area contributed by atoms with Gasteiger partial charge in [-0.3, -0.25) is 4.79 Å². The number of nitrogens with zero attached hydrogens (tertiary/aromatic N) is 1. The number of ether oxygens (including phenoxy) is 3. The van der Waals surface area contributed by atoms with Crippen molar-refractivity contribution in [2.45, 2.75) is 32.7 Å². The van der Waals surface area contributed by atoms with Crippen LogP contribution in [0.1, 0.15) is 29.3 Å². The molecule has 3 rings (SSSR count). The van der Waals surface area contributed by atoms with E-state index in [1.807, 2.05) is 18.2 Å². The Morgan fingerprint density at radius 1 is 1.27 bits per heavy atom. The van der Waals surface area contributed by atoms with Gasteiger partial charge in [0.1, 0.15) is 5.00 Å². The van der Waals surface area contributed by atoms with Crippen molar-refractivity contribution in [2.75, 3.05) is 38.4 Å².